The maximum atomic E-state index is 5.63. The quantitative estimate of drug-likeness (QED) is 0.137. The molecule has 13 aromatic carbocycles. The normalized spacial score (nSPS) is 12.5. The number of thiophene rings is 1. The van der Waals surface area contributed by atoms with Crippen LogP contribution >= 0.6 is 11.3 Å². The first-order chi connectivity index (χ1) is 43.1. The van der Waals surface area contributed by atoms with Crippen LogP contribution in [0.1, 0.15) is 22.3 Å². The van der Waals surface area contributed by atoms with E-state index in [1.165, 1.54) is 82.2 Å². The third-order valence-electron chi connectivity index (χ3n) is 17.9. The molecule has 0 N–H and O–H groups in total. The minimum atomic E-state index is -0.542. The molecule has 0 amide bonds. The van der Waals surface area contributed by atoms with Crippen LogP contribution in [0.4, 0.5) is 0 Å². The summed E-state index contributed by atoms with van der Waals surface area (Å²) in [6.07, 6.45) is 0. The van der Waals surface area contributed by atoms with Crippen molar-refractivity contribution >= 4 is 53.4 Å². The first-order valence-corrected chi connectivity index (χ1v) is 30.6. The van der Waals surface area contributed by atoms with E-state index in [2.05, 4.69) is 326 Å². The fraction of sp³-hybridized carbons (Fsp3) is 0.0120. The molecule has 4 heteroatoms. The Morgan fingerprint density at radius 3 is 1.51 bits per heavy atom. The van der Waals surface area contributed by atoms with Crippen LogP contribution in [0.3, 0.4) is 0 Å². The summed E-state index contributed by atoms with van der Waals surface area (Å²) in [5.74, 6) is 0.690. The molecule has 0 atom stereocenters. The third kappa shape index (κ3) is 8.32. The van der Waals surface area contributed by atoms with Crippen molar-refractivity contribution < 1.29 is 0 Å². The van der Waals surface area contributed by atoms with Gasteiger partial charge >= 0.3 is 0 Å². The van der Waals surface area contributed by atoms with Crippen molar-refractivity contribution in [1.29, 1.82) is 0 Å². The molecule has 0 bridgehead atoms. The molecular formula is C83H53N3S. The second-order valence-corrected chi connectivity index (χ2v) is 23.8. The number of hydrogen-bond donors (Lipinski definition) is 0. The van der Waals surface area contributed by atoms with E-state index >= 15 is 0 Å². The second kappa shape index (κ2) is 20.6. The van der Waals surface area contributed by atoms with Crippen LogP contribution in [0, 0.1) is 0 Å². The molecule has 1 aliphatic carbocycles. The largest absolute Gasteiger partial charge is 0.309 e. The molecule has 1 aliphatic rings. The molecule has 3 heterocycles. The van der Waals surface area contributed by atoms with Gasteiger partial charge in [0.25, 0.3) is 0 Å². The van der Waals surface area contributed by atoms with E-state index in [-0.39, 0.29) is 0 Å². The van der Waals surface area contributed by atoms with Crippen molar-refractivity contribution in [2.45, 2.75) is 5.41 Å². The van der Waals surface area contributed by atoms with Gasteiger partial charge in [-0.25, -0.2) is 9.97 Å². The van der Waals surface area contributed by atoms with Gasteiger partial charge < -0.3 is 4.57 Å². The first-order valence-electron chi connectivity index (χ1n) is 29.8. The van der Waals surface area contributed by atoms with Crippen LogP contribution in [0.5, 0.6) is 0 Å². The predicted octanol–water partition coefficient (Wildman–Crippen LogP) is 22.0. The lowest BCUT2D eigenvalue weighted by Crippen LogP contribution is -2.28. The summed E-state index contributed by atoms with van der Waals surface area (Å²) in [5, 5.41) is 3.52. The number of benzene rings is 13. The summed E-state index contributed by atoms with van der Waals surface area (Å²) in [5.41, 5.74) is 25.9. The highest BCUT2D eigenvalue weighted by molar-refractivity contribution is 7.26. The SMILES string of the molecule is c1ccc(-c2cc(-c3ccccc3)cc(-c3cccc(-c4nc(-c5cccc(-c6cccc7c6c6cc(-c8ccccc8)ccc6n7-c6ccc7c(c6)C(c6ccccc6)(c6ccccc6)c6ccccc6-7)c5)c5sc6ccccc6c5n4)c3)c2)cc1. The van der Waals surface area contributed by atoms with Gasteiger partial charge in [0.2, 0.25) is 0 Å². The zero-order valence-electron chi connectivity index (χ0n) is 47.3. The van der Waals surface area contributed by atoms with E-state index in [1.54, 1.807) is 11.3 Å². The average molecular weight is 1120 g/mol. The Bertz CT molecular complexity index is 5220. The fourth-order valence-corrected chi connectivity index (χ4v) is 15.1. The summed E-state index contributed by atoms with van der Waals surface area (Å²) in [7, 11) is 0. The smallest absolute Gasteiger partial charge is 0.160 e. The molecule has 3 aromatic heterocycles. The zero-order chi connectivity index (χ0) is 57.4. The van der Waals surface area contributed by atoms with Gasteiger partial charge in [-0.15, -0.1) is 11.3 Å². The number of nitrogens with zero attached hydrogens (tertiary/aromatic N) is 3. The van der Waals surface area contributed by atoms with E-state index in [0.717, 1.165) is 71.4 Å². The second-order valence-electron chi connectivity index (χ2n) is 22.8. The fourth-order valence-electron chi connectivity index (χ4n) is 13.9. The van der Waals surface area contributed by atoms with Crippen LogP contribution < -0.4 is 0 Å². The van der Waals surface area contributed by atoms with Crippen LogP contribution in [-0.4, -0.2) is 14.5 Å². The lowest BCUT2D eigenvalue weighted by atomic mass is 9.67. The van der Waals surface area contributed by atoms with Crippen molar-refractivity contribution in [3.63, 3.8) is 0 Å². The standard InChI is InChI=1S/C83H53N3S/c1-6-23-54(24-7-1)58-43-46-75-72(52-58)78-68(39-22-41-76(78)86(75)67-44-45-70-69-37-16-18-40-73(69)83(74(70)53-67,65-33-12-4-13-34-65)66-35-14-5-15-36-66)59-30-21-31-60(48-59)79-81-80(71-38-17-19-42-77(71)87-81)85-82(84-79)61-32-20-29-57(47-61)64-50-62(55-25-8-2-9-26-55)49-63(51-64)56-27-10-3-11-28-56/h1-53H. The topological polar surface area (TPSA) is 30.7 Å². The van der Waals surface area contributed by atoms with Crippen molar-refractivity contribution in [2.75, 3.05) is 0 Å². The Morgan fingerprint density at radius 1 is 0.299 bits per heavy atom. The highest BCUT2D eigenvalue weighted by Crippen LogP contribution is 2.57. The van der Waals surface area contributed by atoms with Crippen molar-refractivity contribution in [2.24, 2.45) is 0 Å². The molecule has 0 aliphatic heterocycles. The summed E-state index contributed by atoms with van der Waals surface area (Å²) < 4.78 is 4.76. The van der Waals surface area contributed by atoms with Gasteiger partial charge in [0, 0.05) is 37.7 Å². The number of rotatable bonds is 10. The Balaban J connectivity index is 0.845. The van der Waals surface area contributed by atoms with E-state index in [1.807, 2.05) is 0 Å². The first kappa shape index (κ1) is 50.5. The average Bonchev–Trinajstić information content (AvgIpc) is 1.58. The molecule has 3 nitrogen and oxygen atoms in total. The Morgan fingerprint density at radius 2 is 0.805 bits per heavy atom. The molecular weight excluding hydrogens is 1070 g/mol. The molecule has 0 unspecified atom stereocenters. The summed E-state index contributed by atoms with van der Waals surface area (Å²) in [6.45, 7) is 0. The van der Waals surface area contributed by atoms with E-state index in [9.17, 15) is 0 Å². The highest BCUT2D eigenvalue weighted by atomic mass is 32.1. The minimum absolute atomic E-state index is 0.542. The minimum Gasteiger partial charge on any atom is -0.309 e. The van der Waals surface area contributed by atoms with Gasteiger partial charge in [0.1, 0.15) is 0 Å². The van der Waals surface area contributed by atoms with E-state index < -0.39 is 5.41 Å². The van der Waals surface area contributed by atoms with E-state index in [0.29, 0.717) is 5.82 Å². The van der Waals surface area contributed by atoms with Crippen LogP contribution in [0.2, 0.25) is 0 Å². The van der Waals surface area contributed by atoms with Crippen LogP contribution in [0.25, 0.3) is 137 Å². The van der Waals surface area contributed by atoms with Crippen molar-refractivity contribution in [3.05, 3.63) is 344 Å². The van der Waals surface area contributed by atoms with Crippen molar-refractivity contribution in [3.8, 4) is 95.1 Å². The monoisotopic (exact) mass is 1120 g/mol. The number of aromatic nitrogens is 3. The lowest BCUT2D eigenvalue weighted by molar-refractivity contribution is 0.767. The van der Waals surface area contributed by atoms with Gasteiger partial charge in [-0.05, 0) is 156 Å². The molecule has 17 rings (SSSR count). The summed E-state index contributed by atoms with van der Waals surface area (Å²) in [4.78, 5) is 11.1. The van der Waals surface area contributed by atoms with Gasteiger partial charge in [0.15, 0.2) is 5.82 Å². The predicted molar refractivity (Wildman–Crippen MR) is 365 cm³/mol. The van der Waals surface area contributed by atoms with Gasteiger partial charge in [-0.3, -0.25) is 0 Å². The molecule has 0 fully saturated rings. The maximum Gasteiger partial charge on any atom is 0.160 e. The molecule has 0 radical (unpaired) electrons. The van der Waals surface area contributed by atoms with Gasteiger partial charge in [0.05, 0.1) is 32.4 Å². The van der Waals surface area contributed by atoms with Crippen LogP contribution in [-0.2, 0) is 5.41 Å². The number of fused-ring (bicyclic) bond motifs is 9. The highest BCUT2D eigenvalue weighted by Gasteiger charge is 2.46. The number of hydrogen-bond acceptors (Lipinski definition) is 3. The third-order valence-corrected chi connectivity index (χ3v) is 19.0. The molecule has 87 heavy (non-hydrogen) atoms. The molecule has 406 valence electrons. The Hall–Kier alpha value is -11.0. The summed E-state index contributed by atoms with van der Waals surface area (Å²) in [6, 6.07) is 118. The Kier molecular flexibility index (Phi) is 12.0. The molecule has 0 saturated carbocycles. The van der Waals surface area contributed by atoms with Gasteiger partial charge in [-0.1, -0.05) is 255 Å². The Labute approximate surface area is 509 Å². The van der Waals surface area contributed by atoms with E-state index in [4.69, 9.17) is 9.97 Å². The van der Waals surface area contributed by atoms with Crippen LogP contribution in [0.15, 0.2) is 322 Å². The zero-order valence-corrected chi connectivity index (χ0v) is 48.2. The summed E-state index contributed by atoms with van der Waals surface area (Å²) >= 11 is 1.77. The van der Waals surface area contributed by atoms with Crippen molar-refractivity contribution in [1.82, 2.24) is 14.5 Å². The lowest BCUT2D eigenvalue weighted by Gasteiger charge is -2.34. The van der Waals surface area contributed by atoms with Gasteiger partial charge in [-0.2, -0.15) is 0 Å². The maximum absolute atomic E-state index is 5.63. The molecule has 16 aromatic rings. The molecule has 0 saturated heterocycles. The molecule has 0 spiro atoms.